The summed E-state index contributed by atoms with van der Waals surface area (Å²) in [5.41, 5.74) is 0. The second-order valence-corrected chi connectivity index (χ2v) is 4.35. The van der Waals surface area contributed by atoms with Gasteiger partial charge < -0.3 is 15.2 Å². The zero-order chi connectivity index (χ0) is 11.0. The fraction of sp³-hybridized carbons (Fsp3) is 0.700. The summed E-state index contributed by atoms with van der Waals surface area (Å²) >= 11 is 0. The Kier molecular flexibility index (Phi) is 2.36. The summed E-state index contributed by atoms with van der Waals surface area (Å²) in [5, 5.41) is 9.78. The molecule has 3 rings (SSSR count). The van der Waals surface area contributed by atoms with Gasteiger partial charge in [0.1, 0.15) is 0 Å². The predicted molar refractivity (Wildman–Crippen MR) is 54.8 cm³/mol. The number of aromatic nitrogens is 2. The van der Waals surface area contributed by atoms with Crippen molar-refractivity contribution in [1.82, 2.24) is 20.8 Å². The van der Waals surface area contributed by atoms with Crippen molar-refractivity contribution in [2.75, 3.05) is 6.54 Å². The van der Waals surface area contributed by atoms with Crippen LogP contribution in [0.5, 0.6) is 0 Å². The van der Waals surface area contributed by atoms with E-state index in [1.54, 1.807) is 0 Å². The molecule has 6 heteroatoms. The number of carbonyl (C=O) groups excluding carboxylic acids is 1. The molecule has 1 aromatic heterocycles. The maximum absolute atomic E-state index is 11.6. The molecule has 86 valence electrons. The number of carbonyl (C=O) groups is 1. The Morgan fingerprint density at radius 2 is 2.31 bits per heavy atom. The fourth-order valence-electron chi connectivity index (χ4n) is 1.84. The zero-order valence-electron chi connectivity index (χ0n) is 8.90. The van der Waals surface area contributed by atoms with E-state index in [-0.39, 0.29) is 17.8 Å². The lowest BCUT2D eigenvalue weighted by molar-refractivity contribution is 0.0937. The molecule has 16 heavy (non-hydrogen) atoms. The molecule has 1 saturated carbocycles. The van der Waals surface area contributed by atoms with E-state index < -0.39 is 0 Å². The first kappa shape index (κ1) is 9.77. The van der Waals surface area contributed by atoms with Crippen LogP contribution in [-0.2, 0) is 0 Å². The summed E-state index contributed by atoms with van der Waals surface area (Å²) in [6.45, 7) is 0.969. The van der Waals surface area contributed by atoms with Gasteiger partial charge in [0.15, 0.2) is 0 Å². The quantitative estimate of drug-likeness (QED) is 0.773. The van der Waals surface area contributed by atoms with Crippen molar-refractivity contribution in [2.24, 2.45) is 0 Å². The van der Waals surface area contributed by atoms with Crippen molar-refractivity contribution < 1.29 is 9.32 Å². The van der Waals surface area contributed by atoms with Crippen molar-refractivity contribution >= 4 is 5.91 Å². The summed E-state index contributed by atoms with van der Waals surface area (Å²) in [6, 6.07) is 0.439. The second-order valence-electron chi connectivity index (χ2n) is 4.35. The van der Waals surface area contributed by atoms with Crippen LogP contribution in [0, 0.1) is 0 Å². The van der Waals surface area contributed by atoms with Gasteiger partial charge in [-0.05, 0) is 32.2 Å². The Hall–Kier alpha value is -1.43. The molecular formula is C10H14N4O2. The summed E-state index contributed by atoms with van der Waals surface area (Å²) in [6.07, 6.45) is 4.21. The van der Waals surface area contributed by atoms with Crippen molar-refractivity contribution in [2.45, 2.75) is 37.8 Å². The monoisotopic (exact) mass is 222 g/mol. The minimum Gasteiger partial charge on any atom is -0.346 e. The van der Waals surface area contributed by atoms with Crippen LogP contribution < -0.4 is 10.6 Å². The zero-order valence-corrected chi connectivity index (χ0v) is 8.90. The molecule has 6 nitrogen and oxygen atoms in total. The molecule has 0 spiro atoms. The minimum absolute atomic E-state index is 0.120. The summed E-state index contributed by atoms with van der Waals surface area (Å²) in [7, 11) is 0. The Bertz CT molecular complexity index is 393. The van der Waals surface area contributed by atoms with Crippen LogP contribution >= 0.6 is 0 Å². The van der Waals surface area contributed by atoms with Gasteiger partial charge in [-0.2, -0.15) is 4.98 Å². The van der Waals surface area contributed by atoms with Crippen LogP contribution in [-0.4, -0.2) is 28.6 Å². The summed E-state index contributed by atoms with van der Waals surface area (Å²) in [5.74, 6) is 0.449. The largest absolute Gasteiger partial charge is 0.346 e. The summed E-state index contributed by atoms with van der Waals surface area (Å²) < 4.78 is 5.09. The van der Waals surface area contributed by atoms with E-state index in [4.69, 9.17) is 4.52 Å². The molecule has 0 radical (unpaired) electrons. The van der Waals surface area contributed by atoms with Crippen LogP contribution in [0.15, 0.2) is 4.52 Å². The third-order valence-electron chi connectivity index (χ3n) is 2.92. The topological polar surface area (TPSA) is 80.0 Å². The van der Waals surface area contributed by atoms with Gasteiger partial charge in [-0.3, -0.25) is 4.79 Å². The van der Waals surface area contributed by atoms with E-state index in [9.17, 15) is 4.79 Å². The normalized spacial score (nSPS) is 24.6. The molecule has 2 N–H and O–H groups in total. The Labute approximate surface area is 92.8 Å². The number of nitrogens with one attached hydrogen (secondary N) is 2. The van der Waals surface area contributed by atoms with Gasteiger partial charge in [-0.1, -0.05) is 5.16 Å². The van der Waals surface area contributed by atoms with Crippen molar-refractivity contribution in [3.8, 4) is 0 Å². The highest BCUT2D eigenvalue weighted by molar-refractivity contribution is 5.90. The number of nitrogens with zero attached hydrogens (tertiary/aromatic N) is 2. The summed E-state index contributed by atoms with van der Waals surface area (Å²) in [4.78, 5) is 15.7. The van der Waals surface area contributed by atoms with Crippen molar-refractivity contribution in [1.29, 1.82) is 0 Å². The first-order chi connectivity index (χ1) is 7.83. The van der Waals surface area contributed by atoms with Crippen molar-refractivity contribution in [3.63, 3.8) is 0 Å². The molecule has 0 bridgehead atoms. The fourth-order valence-corrected chi connectivity index (χ4v) is 1.84. The molecule has 1 aliphatic carbocycles. The molecule has 1 aliphatic heterocycles. The van der Waals surface area contributed by atoms with Crippen LogP contribution in [0.2, 0.25) is 0 Å². The minimum atomic E-state index is -0.226. The van der Waals surface area contributed by atoms with Gasteiger partial charge in [0.05, 0.1) is 6.04 Å². The van der Waals surface area contributed by atoms with Gasteiger partial charge in [-0.25, -0.2) is 0 Å². The van der Waals surface area contributed by atoms with E-state index in [0.717, 1.165) is 32.2 Å². The van der Waals surface area contributed by atoms with Gasteiger partial charge in [0.2, 0.25) is 5.89 Å². The van der Waals surface area contributed by atoms with Gasteiger partial charge >= 0.3 is 0 Å². The molecule has 1 saturated heterocycles. The second kappa shape index (κ2) is 3.86. The molecule has 2 heterocycles. The van der Waals surface area contributed by atoms with Crippen LogP contribution in [0.3, 0.4) is 0 Å². The smallest absolute Gasteiger partial charge is 0.292 e. The maximum Gasteiger partial charge on any atom is 0.292 e. The predicted octanol–water partition coefficient (Wildman–Crippen LogP) is 0.386. The lowest BCUT2D eigenvalue weighted by atomic mass is 10.2. The molecular weight excluding hydrogens is 208 g/mol. The molecule has 0 aromatic carbocycles. The van der Waals surface area contributed by atoms with E-state index in [1.807, 2.05) is 0 Å². The average Bonchev–Trinajstić information content (AvgIpc) is 2.84. The lowest BCUT2D eigenvalue weighted by Crippen LogP contribution is -2.26. The van der Waals surface area contributed by atoms with Gasteiger partial charge in [0, 0.05) is 6.04 Å². The number of hydrogen-bond acceptors (Lipinski definition) is 5. The highest BCUT2D eigenvalue weighted by Crippen LogP contribution is 2.22. The molecule has 2 fully saturated rings. The van der Waals surface area contributed by atoms with E-state index in [1.165, 1.54) is 0 Å². The van der Waals surface area contributed by atoms with E-state index in [2.05, 4.69) is 20.8 Å². The van der Waals surface area contributed by atoms with Crippen LogP contribution in [0.4, 0.5) is 0 Å². The van der Waals surface area contributed by atoms with E-state index in [0.29, 0.717) is 11.9 Å². The third-order valence-corrected chi connectivity index (χ3v) is 2.92. The maximum atomic E-state index is 11.6. The Balaban J connectivity index is 1.68. The number of rotatable bonds is 3. The first-order valence-corrected chi connectivity index (χ1v) is 5.71. The first-order valence-electron chi connectivity index (χ1n) is 5.71. The SMILES string of the molecule is O=C(NC1CC1)c1noc(C2CCCN2)n1. The highest BCUT2D eigenvalue weighted by Gasteiger charge is 2.28. The molecule has 1 atom stereocenters. The van der Waals surface area contributed by atoms with E-state index >= 15 is 0 Å². The molecule has 1 amide bonds. The van der Waals surface area contributed by atoms with Crippen LogP contribution in [0.25, 0.3) is 0 Å². The Morgan fingerprint density at radius 1 is 1.44 bits per heavy atom. The average molecular weight is 222 g/mol. The molecule has 2 aliphatic rings. The molecule has 1 unspecified atom stereocenters. The lowest BCUT2D eigenvalue weighted by Gasteiger charge is -2.01. The standard InChI is InChI=1S/C10H14N4O2/c15-9(12-6-3-4-6)8-13-10(16-14-8)7-2-1-5-11-7/h6-7,11H,1-5H2,(H,12,15). The van der Waals surface area contributed by atoms with Crippen LogP contribution in [0.1, 0.15) is 48.2 Å². The number of amides is 1. The number of hydrogen-bond donors (Lipinski definition) is 2. The Morgan fingerprint density at radius 3 is 3.00 bits per heavy atom. The van der Waals surface area contributed by atoms with Gasteiger partial charge in [-0.15, -0.1) is 0 Å². The third kappa shape index (κ3) is 1.92. The van der Waals surface area contributed by atoms with Gasteiger partial charge in [0.25, 0.3) is 11.7 Å². The molecule has 1 aromatic rings. The highest BCUT2D eigenvalue weighted by atomic mass is 16.5. The van der Waals surface area contributed by atoms with Crippen molar-refractivity contribution in [3.05, 3.63) is 11.7 Å².